The lowest BCUT2D eigenvalue weighted by Crippen LogP contribution is -2.42. The zero-order chi connectivity index (χ0) is 18.2. The quantitative estimate of drug-likeness (QED) is 0.785. The summed E-state index contributed by atoms with van der Waals surface area (Å²) in [7, 11) is 0. The molecule has 1 N–H and O–H groups in total. The molecule has 0 aromatic heterocycles. The third-order valence-corrected chi connectivity index (χ3v) is 4.74. The fourth-order valence-electron chi connectivity index (χ4n) is 3.46. The lowest BCUT2D eigenvalue weighted by Gasteiger charge is -2.30. The van der Waals surface area contributed by atoms with Gasteiger partial charge in [-0.15, -0.1) is 0 Å². The van der Waals surface area contributed by atoms with E-state index in [1.165, 1.54) is 5.56 Å². The number of amides is 1. The highest BCUT2D eigenvalue weighted by molar-refractivity contribution is 5.94. The summed E-state index contributed by atoms with van der Waals surface area (Å²) < 4.78 is 0. The molecule has 1 saturated heterocycles. The average molecular weight is 346 g/mol. The van der Waals surface area contributed by atoms with Crippen LogP contribution >= 0.6 is 0 Å². The van der Waals surface area contributed by atoms with Crippen molar-refractivity contribution >= 4 is 11.9 Å². The molecule has 138 valence electrons. The monoisotopic (exact) mass is 346 g/mol. The minimum Gasteiger partial charge on any atom is -0.481 e. The van der Waals surface area contributed by atoms with Crippen molar-refractivity contribution in [2.75, 3.05) is 26.2 Å². The zero-order valence-electron chi connectivity index (χ0n) is 15.4. The van der Waals surface area contributed by atoms with Crippen molar-refractivity contribution in [2.45, 2.75) is 46.1 Å². The number of hydrogen-bond donors (Lipinski definition) is 1. The molecule has 1 amide bonds. The molecular weight excluding hydrogens is 316 g/mol. The van der Waals surface area contributed by atoms with E-state index >= 15 is 0 Å². The standard InChI is InChI=1S/C20H30N2O3/c1-3-11-21(12-4-2)14-16-7-9-17(10-8-16)19(23)22-13-5-6-18(15-22)20(24)25/h7-10,18H,3-6,11-15H2,1-2H3,(H,24,25)/t18-/m0/s1. The Balaban J connectivity index is 1.98. The van der Waals surface area contributed by atoms with Crippen molar-refractivity contribution in [2.24, 2.45) is 5.92 Å². The van der Waals surface area contributed by atoms with Crippen LogP contribution in [0.15, 0.2) is 24.3 Å². The van der Waals surface area contributed by atoms with E-state index in [9.17, 15) is 14.7 Å². The Hall–Kier alpha value is -1.88. The number of carboxylic acid groups (broad SMARTS) is 1. The molecule has 1 aliphatic heterocycles. The number of carbonyl (C=O) groups excluding carboxylic acids is 1. The van der Waals surface area contributed by atoms with Crippen LogP contribution in [-0.4, -0.2) is 53.0 Å². The third-order valence-electron chi connectivity index (χ3n) is 4.74. The van der Waals surface area contributed by atoms with Crippen LogP contribution in [0, 0.1) is 5.92 Å². The molecular formula is C20H30N2O3. The molecule has 0 saturated carbocycles. The van der Waals surface area contributed by atoms with Gasteiger partial charge in [0.15, 0.2) is 0 Å². The van der Waals surface area contributed by atoms with Crippen molar-refractivity contribution in [3.63, 3.8) is 0 Å². The number of hydrogen-bond acceptors (Lipinski definition) is 3. The van der Waals surface area contributed by atoms with Gasteiger partial charge in [0.05, 0.1) is 5.92 Å². The van der Waals surface area contributed by atoms with E-state index in [2.05, 4.69) is 18.7 Å². The minimum absolute atomic E-state index is 0.0588. The van der Waals surface area contributed by atoms with Gasteiger partial charge in [0.25, 0.3) is 5.91 Å². The lowest BCUT2D eigenvalue weighted by molar-refractivity contribution is -0.143. The molecule has 1 aliphatic rings. The third kappa shape index (κ3) is 5.56. The fourth-order valence-corrected chi connectivity index (χ4v) is 3.46. The molecule has 1 aromatic carbocycles. The van der Waals surface area contributed by atoms with Crippen LogP contribution < -0.4 is 0 Å². The van der Waals surface area contributed by atoms with Gasteiger partial charge in [-0.2, -0.15) is 0 Å². The Kier molecular flexibility index (Phi) is 7.44. The van der Waals surface area contributed by atoms with Crippen LogP contribution in [0.25, 0.3) is 0 Å². The van der Waals surface area contributed by atoms with Crippen molar-refractivity contribution in [3.05, 3.63) is 35.4 Å². The summed E-state index contributed by atoms with van der Waals surface area (Å²) in [5.74, 6) is -1.30. The predicted octanol–water partition coefficient (Wildman–Crippen LogP) is 3.25. The van der Waals surface area contributed by atoms with E-state index in [0.29, 0.717) is 25.1 Å². The molecule has 2 rings (SSSR count). The summed E-state index contributed by atoms with van der Waals surface area (Å²) in [6.45, 7) is 8.40. The normalized spacial score (nSPS) is 17.7. The topological polar surface area (TPSA) is 60.9 Å². The van der Waals surface area contributed by atoms with Crippen LogP contribution in [-0.2, 0) is 11.3 Å². The van der Waals surface area contributed by atoms with Crippen molar-refractivity contribution in [1.29, 1.82) is 0 Å². The van der Waals surface area contributed by atoms with Crippen LogP contribution in [0.5, 0.6) is 0 Å². The van der Waals surface area contributed by atoms with Crippen LogP contribution in [0.2, 0.25) is 0 Å². The Bertz CT molecular complexity index is 565. The highest BCUT2D eigenvalue weighted by atomic mass is 16.4. The van der Waals surface area contributed by atoms with E-state index in [4.69, 9.17) is 0 Å². The maximum atomic E-state index is 12.6. The molecule has 1 aromatic rings. The van der Waals surface area contributed by atoms with E-state index in [1.54, 1.807) is 4.90 Å². The Morgan fingerprint density at radius 3 is 2.36 bits per heavy atom. The maximum absolute atomic E-state index is 12.6. The first-order valence-electron chi connectivity index (χ1n) is 9.38. The van der Waals surface area contributed by atoms with Gasteiger partial charge < -0.3 is 10.0 Å². The number of benzene rings is 1. The molecule has 5 heteroatoms. The van der Waals surface area contributed by atoms with Crippen molar-refractivity contribution in [1.82, 2.24) is 9.80 Å². The summed E-state index contributed by atoms with van der Waals surface area (Å²) in [5, 5.41) is 9.17. The maximum Gasteiger partial charge on any atom is 0.308 e. The van der Waals surface area contributed by atoms with Gasteiger partial charge in [0, 0.05) is 25.2 Å². The van der Waals surface area contributed by atoms with E-state index in [1.807, 2.05) is 24.3 Å². The minimum atomic E-state index is -0.806. The molecule has 0 unspecified atom stereocenters. The van der Waals surface area contributed by atoms with Gasteiger partial charge in [-0.3, -0.25) is 14.5 Å². The summed E-state index contributed by atoms with van der Waals surface area (Å²) >= 11 is 0. The zero-order valence-corrected chi connectivity index (χ0v) is 15.4. The largest absolute Gasteiger partial charge is 0.481 e. The molecule has 1 heterocycles. The second-order valence-corrected chi connectivity index (χ2v) is 6.90. The highest BCUT2D eigenvalue weighted by Crippen LogP contribution is 2.19. The molecule has 0 bridgehead atoms. The van der Waals surface area contributed by atoms with Gasteiger partial charge in [0.2, 0.25) is 0 Å². The first kappa shape index (κ1) is 19.4. The van der Waals surface area contributed by atoms with E-state index < -0.39 is 11.9 Å². The number of carbonyl (C=O) groups is 2. The SMILES string of the molecule is CCCN(CCC)Cc1ccc(C(=O)N2CCC[C@H](C(=O)O)C2)cc1. The number of piperidine rings is 1. The molecule has 25 heavy (non-hydrogen) atoms. The summed E-state index contributed by atoms with van der Waals surface area (Å²) in [6, 6.07) is 7.78. The van der Waals surface area contributed by atoms with Gasteiger partial charge in [-0.05, 0) is 56.5 Å². The number of nitrogens with zero attached hydrogens (tertiary/aromatic N) is 2. The molecule has 5 nitrogen and oxygen atoms in total. The van der Waals surface area contributed by atoms with Crippen molar-refractivity contribution in [3.8, 4) is 0 Å². The fraction of sp³-hybridized carbons (Fsp3) is 0.600. The van der Waals surface area contributed by atoms with Gasteiger partial charge in [-0.1, -0.05) is 26.0 Å². The van der Waals surface area contributed by atoms with Crippen molar-refractivity contribution < 1.29 is 14.7 Å². The number of aliphatic carboxylic acids is 1. The molecule has 0 radical (unpaired) electrons. The Morgan fingerprint density at radius 2 is 1.80 bits per heavy atom. The first-order valence-corrected chi connectivity index (χ1v) is 9.38. The molecule has 1 fully saturated rings. The molecule has 0 spiro atoms. The predicted molar refractivity (Wildman–Crippen MR) is 98.6 cm³/mol. The number of rotatable bonds is 8. The van der Waals surface area contributed by atoms with Gasteiger partial charge in [-0.25, -0.2) is 0 Å². The number of likely N-dealkylation sites (tertiary alicyclic amines) is 1. The smallest absolute Gasteiger partial charge is 0.308 e. The molecule has 0 aliphatic carbocycles. The van der Waals surface area contributed by atoms with Crippen LogP contribution in [0.4, 0.5) is 0 Å². The highest BCUT2D eigenvalue weighted by Gasteiger charge is 2.28. The summed E-state index contributed by atoms with van der Waals surface area (Å²) in [5.41, 5.74) is 1.85. The van der Waals surface area contributed by atoms with Crippen LogP contribution in [0.1, 0.15) is 55.5 Å². The van der Waals surface area contributed by atoms with Crippen LogP contribution in [0.3, 0.4) is 0 Å². The van der Waals surface area contributed by atoms with Gasteiger partial charge in [0.1, 0.15) is 0 Å². The van der Waals surface area contributed by atoms with Gasteiger partial charge >= 0.3 is 5.97 Å². The Labute approximate surface area is 150 Å². The number of carboxylic acids is 1. The lowest BCUT2D eigenvalue weighted by atomic mass is 9.97. The first-order chi connectivity index (χ1) is 12.0. The molecule has 1 atom stereocenters. The second kappa shape index (κ2) is 9.56. The van der Waals surface area contributed by atoms with E-state index in [0.717, 1.165) is 38.9 Å². The summed E-state index contributed by atoms with van der Waals surface area (Å²) in [4.78, 5) is 27.9. The summed E-state index contributed by atoms with van der Waals surface area (Å²) in [6.07, 6.45) is 3.68. The Morgan fingerprint density at radius 1 is 1.16 bits per heavy atom. The van der Waals surface area contributed by atoms with E-state index in [-0.39, 0.29) is 5.91 Å². The second-order valence-electron chi connectivity index (χ2n) is 6.90. The average Bonchev–Trinajstić information content (AvgIpc) is 2.62.